The molecule has 30 heavy (non-hydrogen) atoms. The Morgan fingerprint density at radius 1 is 1.10 bits per heavy atom. The number of carbonyl (C=O) groups excluding carboxylic acids is 2. The predicted octanol–water partition coefficient (Wildman–Crippen LogP) is 3.29. The molecule has 1 heterocycles. The van der Waals surface area contributed by atoms with Crippen molar-refractivity contribution in [1.29, 1.82) is 0 Å². The zero-order chi connectivity index (χ0) is 22.4. The third-order valence-electron chi connectivity index (χ3n) is 5.07. The monoisotopic (exact) mass is 419 g/mol. The van der Waals surface area contributed by atoms with Crippen LogP contribution in [0.3, 0.4) is 0 Å². The molecule has 2 N–H and O–H groups in total. The number of piperidine rings is 1. The summed E-state index contributed by atoms with van der Waals surface area (Å²) in [5.41, 5.74) is 0.960. The molecule has 1 aromatic rings. The lowest BCUT2D eigenvalue weighted by atomic mass is 10.0. The number of benzene rings is 1. The fraction of sp³-hybridized carbons (Fsp3) is 0.609. The largest absolute Gasteiger partial charge is 0.481 e. The van der Waals surface area contributed by atoms with Gasteiger partial charge in [0.2, 0.25) is 11.8 Å². The number of nitrogens with zero attached hydrogens (tertiary/aromatic N) is 2. The van der Waals surface area contributed by atoms with Gasteiger partial charge in [-0.2, -0.15) is 0 Å². The maximum atomic E-state index is 12.5. The number of nitrogens with one attached hydrogen (secondary N) is 1. The first-order valence-electron chi connectivity index (χ1n) is 11.1. The lowest BCUT2D eigenvalue weighted by Gasteiger charge is -2.38. The summed E-state index contributed by atoms with van der Waals surface area (Å²) in [6.45, 7) is 9.00. The highest BCUT2D eigenvalue weighted by Gasteiger charge is 2.28. The van der Waals surface area contributed by atoms with Gasteiger partial charge in [-0.05, 0) is 31.4 Å². The molecule has 7 heteroatoms. The summed E-state index contributed by atoms with van der Waals surface area (Å²) >= 11 is 0. The van der Waals surface area contributed by atoms with Gasteiger partial charge in [-0.1, -0.05) is 39.0 Å². The number of carboxylic acid groups (broad SMARTS) is 1. The first-order chi connectivity index (χ1) is 14.5. The molecule has 0 bridgehead atoms. The molecule has 0 saturated carbocycles. The first kappa shape index (κ1) is 25.6. The molecule has 2 rings (SSSR count). The highest BCUT2D eigenvalue weighted by molar-refractivity contribution is 5.93. The van der Waals surface area contributed by atoms with Gasteiger partial charge in [0.25, 0.3) is 0 Å². The van der Waals surface area contributed by atoms with Crippen LogP contribution < -0.4 is 10.2 Å². The van der Waals surface area contributed by atoms with Crippen molar-refractivity contribution in [2.75, 3.05) is 31.1 Å². The normalized spacial score (nSPS) is 14.4. The van der Waals surface area contributed by atoms with Gasteiger partial charge in [0.05, 0.1) is 0 Å². The Kier molecular flexibility index (Phi) is 12.4. The molecular formula is C23H37N3O4. The first-order valence-corrected chi connectivity index (χ1v) is 11.1. The maximum absolute atomic E-state index is 12.5. The Morgan fingerprint density at radius 2 is 1.73 bits per heavy atom. The highest BCUT2D eigenvalue weighted by Crippen LogP contribution is 2.24. The summed E-state index contributed by atoms with van der Waals surface area (Å²) < 4.78 is 0. The van der Waals surface area contributed by atoms with E-state index >= 15 is 0 Å². The minimum Gasteiger partial charge on any atom is -0.481 e. The Morgan fingerprint density at radius 3 is 2.30 bits per heavy atom. The number of hydrogen-bond acceptors (Lipinski definition) is 4. The van der Waals surface area contributed by atoms with E-state index in [1.54, 1.807) is 0 Å². The second-order valence-electron chi connectivity index (χ2n) is 7.12. The molecular weight excluding hydrogens is 382 g/mol. The Labute approximate surface area is 180 Å². The van der Waals surface area contributed by atoms with E-state index in [9.17, 15) is 14.4 Å². The van der Waals surface area contributed by atoms with Gasteiger partial charge in [-0.3, -0.25) is 14.4 Å². The zero-order valence-electron chi connectivity index (χ0n) is 18.6. The van der Waals surface area contributed by atoms with Gasteiger partial charge in [-0.15, -0.1) is 0 Å². The molecule has 1 aromatic carbocycles. The van der Waals surface area contributed by atoms with E-state index in [2.05, 4.69) is 10.2 Å². The van der Waals surface area contributed by atoms with E-state index in [4.69, 9.17) is 5.11 Å². The molecule has 0 spiro atoms. The number of aliphatic carboxylic acids is 1. The molecule has 1 fully saturated rings. The summed E-state index contributed by atoms with van der Waals surface area (Å²) in [5.74, 6) is -0.819. The Balaban J connectivity index is 0.00000218. The smallest absolute Gasteiger partial charge is 0.303 e. The van der Waals surface area contributed by atoms with Gasteiger partial charge in [-0.25, -0.2) is 0 Å². The average Bonchev–Trinajstić information content (AvgIpc) is 2.77. The van der Waals surface area contributed by atoms with Crippen LogP contribution in [0.2, 0.25) is 0 Å². The fourth-order valence-corrected chi connectivity index (χ4v) is 3.56. The van der Waals surface area contributed by atoms with Gasteiger partial charge in [0.1, 0.15) is 0 Å². The van der Waals surface area contributed by atoms with Crippen molar-refractivity contribution in [1.82, 2.24) is 10.2 Å². The SMILES string of the molecule is CC.CCC(=O)N(c1ccccc1)C1CCN(CCNC(=O)CCCC(=O)O)CC1. The predicted molar refractivity (Wildman–Crippen MR) is 120 cm³/mol. The van der Waals surface area contributed by atoms with Gasteiger partial charge in [0.15, 0.2) is 0 Å². The number of hydrogen-bond donors (Lipinski definition) is 2. The summed E-state index contributed by atoms with van der Waals surface area (Å²) in [5, 5.41) is 11.4. The second-order valence-corrected chi connectivity index (χ2v) is 7.12. The Bertz CT molecular complexity index is 643. The zero-order valence-corrected chi connectivity index (χ0v) is 18.6. The van der Waals surface area contributed by atoms with Crippen LogP contribution in [0.15, 0.2) is 30.3 Å². The number of carbonyl (C=O) groups is 3. The van der Waals surface area contributed by atoms with Crippen LogP contribution in [0, 0.1) is 0 Å². The van der Waals surface area contributed by atoms with E-state index in [1.165, 1.54) is 0 Å². The second kappa shape index (κ2) is 14.6. The van der Waals surface area contributed by atoms with Gasteiger partial charge in [0, 0.05) is 57.2 Å². The molecule has 1 aliphatic heterocycles. The average molecular weight is 420 g/mol. The van der Waals surface area contributed by atoms with Crippen molar-refractivity contribution < 1.29 is 19.5 Å². The van der Waals surface area contributed by atoms with E-state index < -0.39 is 5.97 Å². The van der Waals surface area contributed by atoms with Crippen LogP contribution >= 0.6 is 0 Å². The molecule has 0 atom stereocenters. The summed E-state index contributed by atoms with van der Waals surface area (Å²) in [4.78, 5) is 38.9. The van der Waals surface area contributed by atoms with Crippen LogP contribution in [0.1, 0.15) is 59.3 Å². The lowest BCUT2D eigenvalue weighted by Crippen LogP contribution is -2.48. The van der Waals surface area contributed by atoms with Crippen molar-refractivity contribution in [3.05, 3.63) is 30.3 Å². The van der Waals surface area contributed by atoms with Crippen LogP contribution in [0.25, 0.3) is 0 Å². The topological polar surface area (TPSA) is 90.0 Å². The number of anilines is 1. The molecule has 0 radical (unpaired) electrons. The highest BCUT2D eigenvalue weighted by atomic mass is 16.4. The molecule has 168 valence electrons. The fourth-order valence-electron chi connectivity index (χ4n) is 3.56. The quantitative estimate of drug-likeness (QED) is 0.607. The van der Waals surface area contributed by atoms with Crippen LogP contribution in [0.5, 0.6) is 0 Å². The van der Waals surface area contributed by atoms with E-state index in [-0.39, 0.29) is 30.7 Å². The van der Waals surface area contributed by atoms with Gasteiger partial charge < -0.3 is 20.2 Å². The maximum Gasteiger partial charge on any atom is 0.303 e. The third-order valence-corrected chi connectivity index (χ3v) is 5.07. The van der Waals surface area contributed by atoms with Crippen molar-refractivity contribution in [3.8, 4) is 0 Å². The molecule has 0 aromatic heterocycles. The Hall–Kier alpha value is -2.41. The molecule has 0 aliphatic carbocycles. The number of likely N-dealkylation sites (tertiary alicyclic amines) is 1. The molecule has 1 aliphatic rings. The van der Waals surface area contributed by atoms with Crippen molar-refractivity contribution in [2.45, 2.75) is 65.3 Å². The van der Waals surface area contributed by atoms with E-state index in [0.29, 0.717) is 19.4 Å². The minimum absolute atomic E-state index is 0.0231. The minimum atomic E-state index is -0.873. The summed E-state index contributed by atoms with van der Waals surface area (Å²) in [7, 11) is 0. The van der Waals surface area contributed by atoms with Crippen molar-refractivity contribution in [2.24, 2.45) is 0 Å². The van der Waals surface area contributed by atoms with E-state index in [0.717, 1.165) is 38.2 Å². The molecule has 1 saturated heterocycles. The van der Waals surface area contributed by atoms with E-state index in [1.807, 2.05) is 56.0 Å². The van der Waals surface area contributed by atoms with Crippen LogP contribution in [0.4, 0.5) is 5.69 Å². The number of rotatable bonds is 10. The molecule has 0 unspecified atom stereocenters. The third kappa shape index (κ3) is 8.95. The molecule has 2 amide bonds. The lowest BCUT2D eigenvalue weighted by molar-refractivity contribution is -0.137. The number of carboxylic acids is 1. The van der Waals surface area contributed by atoms with Crippen LogP contribution in [-0.4, -0.2) is 60.0 Å². The number of amides is 2. The van der Waals surface area contributed by atoms with Crippen molar-refractivity contribution in [3.63, 3.8) is 0 Å². The van der Waals surface area contributed by atoms with Crippen molar-refractivity contribution >= 4 is 23.5 Å². The number of para-hydroxylation sites is 1. The van der Waals surface area contributed by atoms with Crippen LogP contribution in [-0.2, 0) is 14.4 Å². The summed E-state index contributed by atoms with van der Waals surface area (Å²) in [6, 6.07) is 10.0. The summed E-state index contributed by atoms with van der Waals surface area (Å²) in [6.07, 6.45) is 2.95. The standard InChI is InChI=1S/C21H31N3O4.C2H6/c1-2-20(26)24(17-7-4-3-5-8-17)18-11-14-23(15-12-18)16-13-22-19(25)9-6-10-21(27)28;1-2/h3-5,7-8,18H,2,6,9-16H2,1H3,(H,22,25)(H,27,28);1-2H3. The van der Waals surface area contributed by atoms with Gasteiger partial charge >= 0.3 is 5.97 Å². The molecule has 7 nitrogen and oxygen atoms in total.